The summed E-state index contributed by atoms with van der Waals surface area (Å²) in [6.07, 6.45) is -3.81. The van der Waals surface area contributed by atoms with Crippen LogP contribution < -0.4 is 0 Å². The second-order valence-electron chi connectivity index (χ2n) is 3.72. The molecule has 1 rings (SSSR count). The fourth-order valence-electron chi connectivity index (χ4n) is 1.42. The van der Waals surface area contributed by atoms with Gasteiger partial charge in [0, 0.05) is 11.2 Å². The largest absolute Gasteiger partial charge is 0.389 e. The Bertz CT molecular complexity index is 316. The molecule has 0 radical (unpaired) electrons. The van der Waals surface area contributed by atoms with Crippen LogP contribution in [-0.2, 0) is 6.42 Å². The van der Waals surface area contributed by atoms with Gasteiger partial charge in [0.2, 0.25) is 0 Å². The van der Waals surface area contributed by atoms with Crippen molar-refractivity contribution in [1.29, 1.82) is 0 Å². The maximum atomic E-state index is 12.0. The van der Waals surface area contributed by atoms with Gasteiger partial charge in [-0.3, -0.25) is 0 Å². The number of alkyl halides is 4. The smallest absolute Gasteiger partial charge is 0.171 e. The van der Waals surface area contributed by atoms with E-state index in [-0.39, 0.29) is 11.2 Å². The van der Waals surface area contributed by atoms with Crippen molar-refractivity contribution in [2.24, 2.45) is 0 Å². The van der Waals surface area contributed by atoms with Crippen LogP contribution in [0, 0.1) is 0 Å². The zero-order valence-corrected chi connectivity index (χ0v) is 10.6. The molecule has 0 saturated carbocycles. The monoisotopic (exact) mass is 294 g/mol. The van der Waals surface area contributed by atoms with Gasteiger partial charge in [-0.25, -0.2) is 0 Å². The van der Waals surface area contributed by atoms with Gasteiger partial charge < -0.3 is 0 Å². The van der Waals surface area contributed by atoms with Crippen LogP contribution >= 0.6 is 15.9 Å². The highest BCUT2D eigenvalue weighted by Gasteiger charge is 2.27. The SMILES string of the molecule is CCc1ccc(C(Br)CCC(F)(F)F)cc1. The van der Waals surface area contributed by atoms with Gasteiger partial charge in [-0.1, -0.05) is 47.1 Å². The Morgan fingerprint density at radius 3 is 2.19 bits per heavy atom. The fourth-order valence-corrected chi connectivity index (χ4v) is 1.95. The van der Waals surface area contributed by atoms with Crippen LogP contribution in [0.4, 0.5) is 13.2 Å². The highest BCUT2D eigenvalue weighted by Crippen LogP contribution is 2.32. The Morgan fingerprint density at radius 2 is 1.75 bits per heavy atom. The van der Waals surface area contributed by atoms with Gasteiger partial charge in [0.05, 0.1) is 0 Å². The van der Waals surface area contributed by atoms with Gasteiger partial charge in [0.15, 0.2) is 0 Å². The zero-order chi connectivity index (χ0) is 12.2. The molecule has 0 bridgehead atoms. The summed E-state index contributed by atoms with van der Waals surface area (Å²) < 4.78 is 36.1. The quantitative estimate of drug-likeness (QED) is 0.684. The van der Waals surface area contributed by atoms with Crippen LogP contribution in [0.5, 0.6) is 0 Å². The van der Waals surface area contributed by atoms with E-state index in [4.69, 9.17) is 0 Å². The van der Waals surface area contributed by atoms with E-state index >= 15 is 0 Å². The predicted molar refractivity (Wildman–Crippen MR) is 62.8 cm³/mol. The third kappa shape index (κ3) is 4.56. The molecule has 16 heavy (non-hydrogen) atoms. The third-order valence-corrected chi connectivity index (χ3v) is 3.42. The lowest BCUT2D eigenvalue weighted by molar-refractivity contribution is -0.135. The molecule has 1 atom stereocenters. The highest BCUT2D eigenvalue weighted by atomic mass is 79.9. The van der Waals surface area contributed by atoms with Crippen molar-refractivity contribution < 1.29 is 13.2 Å². The first-order valence-electron chi connectivity index (χ1n) is 5.22. The van der Waals surface area contributed by atoms with Gasteiger partial charge in [0.25, 0.3) is 0 Å². The van der Waals surface area contributed by atoms with E-state index in [1.165, 1.54) is 5.56 Å². The first kappa shape index (κ1) is 13.6. The molecule has 0 aliphatic carbocycles. The van der Waals surface area contributed by atoms with E-state index in [1.807, 2.05) is 31.2 Å². The number of rotatable bonds is 4. The van der Waals surface area contributed by atoms with Crippen molar-refractivity contribution in [3.8, 4) is 0 Å². The van der Waals surface area contributed by atoms with E-state index in [9.17, 15) is 13.2 Å². The number of hydrogen-bond donors (Lipinski definition) is 0. The molecule has 0 heterocycles. The van der Waals surface area contributed by atoms with E-state index in [1.54, 1.807) is 0 Å². The summed E-state index contributed by atoms with van der Waals surface area (Å²) in [5.41, 5.74) is 2.10. The molecule has 0 saturated heterocycles. The Hall–Kier alpha value is -0.510. The molecule has 0 aromatic heterocycles. The molecular formula is C12H14BrF3. The minimum atomic E-state index is -4.07. The van der Waals surface area contributed by atoms with Crippen LogP contribution in [0.2, 0.25) is 0 Å². The summed E-state index contributed by atoms with van der Waals surface area (Å²) in [6.45, 7) is 2.05. The molecule has 4 heteroatoms. The highest BCUT2D eigenvalue weighted by molar-refractivity contribution is 9.09. The molecular weight excluding hydrogens is 281 g/mol. The van der Waals surface area contributed by atoms with Gasteiger partial charge in [-0.15, -0.1) is 0 Å². The predicted octanol–water partition coefficient (Wildman–Crippen LogP) is 5.03. The van der Waals surface area contributed by atoms with Crippen LogP contribution in [0.1, 0.15) is 35.7 Å². The van der Waals surface area contributed by atoms with Crippen LogP contribution in [0.3, 0.4) is 0 Å². The van der Waals surface area contributed by atoms with E-state index in [0.717, 1.165) is 12.0 Å². The maximum Gasteiger partial charge on any atom is 0.389 e. The van der Waals surface area contributed by atoms with Crippen molar-refractivity contribution >= 4 is 15.9 Å². The average Bonchev–Trinajstić information content (AvgIpc) is 2.25. The van der Waals surface area contributed by atoms with Crippen molar-refractivity contribution in [3.63, 3.8) is 0 Å². The molecule has 0 fully saturated rings. The summed E-state index contributed by atoms with van der Waals surface area (Å²) in [5.74, 6) is 0. The standard InChI is InChI=1S/C12H14BrF3/c1-2-9-3-5-10(6-4-9)11(13)7-8-12(14,15)16/h3-6,11H,2,7-8H2,1H3. The number of hydrogen-bond acceptors (Lipinski definition) is 0. The maximum absolute atomic E-state index is 12.0. The van der Waals surface area contributed by atoms with Crippen molar-refractivity contribution in [1.82, 2.24) is 0 Å². The lowest BCUT2D eigenvalue weighted by Crippen LogP contribution is -2.08. The Labute approximate surface area is 102 Å². The fraction of sp³-hybridized carbons (Fsp3) is 0.500. The van der Waals surface area contributed by atoms with Crippen LogP contribution in [0.15, 0.2) is 24.3 Å². The average molecular weight is 295 g/mol. The number of halogens is 4. The number of aryl methyl sites for hydroxylation is 1. The minimum absolute atomic E-state index is 0.0783. The zero-order valence-electron chi connectivity index (χ0n) is 9.02. The lowest BCUT2D eigenvalue weighted by Gasteiger charge is -2.12. The molecule has 1 unspecified atom stereocenters. The normalized spacial score (nSPS) is 13.8. The molecule has 0 spiro atoms. The molecule has 0 nitrogen and oxygen atoms in total. The van der Waals surface area contributed by atoms with E-state index in [0.29, 0.717) is 0 Å². The Morgan fingerprint density at radius 1 is 1.19 bits per heavy atom. The van der Waals surface area contributed by atoms with Gasteiger partial charge in [-0.05, 0) is 24.0 Å². The summed E-state index contributed by atoms with van der Waals surface area (Å²) in [6, 6.07) is 7.68. The van der Waals surface area contributed by atoms with Gasteiger partial charge in [-0.2, -0.15) is 13.2 Å². The van der Waals surface area contributed by atoms with Crippen LogP contribution in [0.25, 0.3) is 0 Å². The first-order chi connectivity index (χ1) is 7.42. The second kappa shape index (κ2) is 5.71. The van der Waals surface area contributed by atoms with Gasteiger partial charge >= 0.3 is 6.18 Å². The second-order valence-corrected chi connectivity index (χ2v) is 4.82. The summed E-state index contributed by atoms with van der Waals surface area (Å²) in [5, 5.41) is 0. The molecule has 1 aromatic rings. The number of benzene rings is 1. The van der Waals surface area contributed by atoms with Crippen LogP contribution in [-0.4, -0.2) is 6.18 Å². The van der Waals surface area contributed by atoms with Crippen molar-refractivity contribution in [3.05, 3.63) is 35.4 Å². The minimum Gasteiger partial charge on any atom is -0.171 e. The van der Waals surface area contributed by atoms with E-state index in [2.05, 4.69) is 15.9 Å². The molecule has 0 aliphatic rings. The molecule has 0 amide bonds. The lowest BCUT2D eigenvalue weighted by atomic mass is 10.0. The molecule has 90 valence electrons. The van der Waals surface area contributed by atoms with Crippen molar-refractivity contribution in [2.45, 2.75) is 37.2 Å². The third-order valence-electron chi connectivity index (χ3n) is 2.43. The van der Waals surface area contributed by atoms with Crippen molar-refractivity contribution in [2.75, 3.05) is 0 Å². The molecule has 1 aromatic carbocycles. The van der Waals surface area contributed by atoms with Gasteiger partial charge in [0.1, 0.15) is 0 Å². The Balaban J connectivity index is 2.56. The first-order valence-corrected chi connectivity index (χ1v) is 6.13. The summed E-state index contributed by atoms with van der Waals surface area (Å²) >= 11 is 3.29. The van der Waals surface area contributed by atoms with E-state index < -0.39 is 12.6 Å². The molecule has 0 aliphatic heterocycles. The topological polar surface area (TPSA) is 0 Å². The summed E-state index contributed by atoms with van der Waals surface area (Å²) in [7, 11) is 0. The molecule has 0 N–H and O–H groups in total. The summed E-state index contributed by atoms with van der Waals surface area (Å²) in [4.78, 5) is -0.222. The Kier molecular flexibility index (Phi) is 4.84.